The summed E-state index contributed by atoms with van der Waals surface area (Å²) in [7, 11) is 0. The van der Waals surface area contributed by atoms with E-state index in [1.54, 1.807) is 12.1 Å². The fraction of sp³-hybridized carbons (Fsp3) is 0.176. The van der Waals surface area contributed by atoms with Crippen molar-refractivity contribution < 1.29 is 17.9 Å². The van der Waals surface area contributed by atoms with E-state index in [2.05, 4.69) is 26.0 Å². The molecule has 1 aliphatic rings. The van der Waals surface area contributed by atoms with Crippen LogP contribution in [-0.4, -0.2) is 14.9 Å². The summed E-state index contributed by atoms with van der Waals surface area (Å²) in [4.78, 5) is 0. The van der Waals surface area contributed by atoms with Crippen LogP contribution in [0.5, 0.6) is 5.75 Å². The number of thiocarbonyl (C=S) groups is 2. The predicted octanol–water partition coefficient (Wildman–Crippen LogP) is 5.93. The first-order valence-corrected chi connectivity index (χ1v) is 9.76. The summed E-state index contributed by atoms with van der Waals surface area (Å²) >= 11 is 15.5. The molecule has 0 aromatic heterocycles. The molecule has 0 bridgehead atoms. The highest BCUT2D eigenvalue weighted by atomic mass is 79.9. The second-order valence-corrected chi connectivity index (χ2v) is 8.99. The normalized spacial score (nSPS) is 20.6. The van der Waals surface area contributed by atoms with Crippen molar-refractivity contribution in [1.82, 2.24) is 5.32 Å². The summed E-state index contributed by atoms with van der Waals surface area (Å²) in [5.74, 6) is -0.277. The summed E-state index contributed by atoms with van der Waals surface area (Å²) in [6, 6.07) is 13.4. The van der Waals surface area contributed by atoms with Gasteiger partial charge < -0.3 is 10.1 Å². The molecule has 1 aliphatic heterocycles. The van der Waals surface area contributed by atoms with Crippen molar-refractivity contribution in [2.24, 2.45) is 0 Å². The molecule has 0 spiro atoms. The number of nitrogens with one attached hydrogen (secondary N) is 1. The molecule has 0 radical (unpaired) electrons. The van der Waals surface area contributed by atoms with Gasteiger partial charge in [0, 0.05) is 10.9 Å². The van der Waals surface area contributed by atoms with Crippen molar-refractivity contribution in [3.8, 4) is 5.75 Å². The van der Waals surface area contributed by atoms with E-state index >= 15 is 0 Å². The minimum absolute atomic E-state index is 0.277. The lowest BCUT2D eigenvalue weighted by Gasteiger charge is -2.40. The number of alkyl halides is 3. The van der Waals surface area contributed by atoms with E-state index in [0.717, 1.165) is 15.6 Å². The van der Waals surface area contributed by atoms with Gasteiger partial charge in [0.1, 0.15) is 10.1 Å². The van der Waals surface area contributed by atoms with E-state index < -0.39 is 11.9 Å². The molecule has 0 amide bonds. The van der Waals surface area contributed by atoms with Crippen LogP contribution in [-0.2, 0) is 5.54 Å². The molecule has 1 saturated heterocycles. The quantitative estimate of drug-likeness (QED) is 0.551. The van der Waals surface area contributed by atoms with Gasteiger partial charge in [-0.25, -0.2) is 0 Å². The Hall–Kier alpha value is -1.16. The van der Waals surface area contributed by atoms with Crippen molar-refractivity contribution in [3.05, 3.63) is 64.1 Å². The third kappa shape index (κ3) is 4.39. The maximum atomic E-state index is 12.4. The largest absolute Gasteiger partial charge is 0.573 e. The van der Waals surface area contributed by atoms with E-state index in [1.165, 1.54) is 23.9 Å². The Morgan fingerprint density at radius 3 is 2.35 bits per heavy atom. The van der Waals surface area contributed by atoms with Crippen LogP contribution in [0, 0.1) is 0 Å². The monoisotopic (exact) mass is 477 g/mol. The van der Waals surface area contributed by atoms with Gasteiger partial charge in [0.05, 0.1) is 9.74 Å². The molecule has 2 nitrogen and oxygen atoms in total. The van der Waals surface area contributed by atoms with Gasteiger partial charge in [-0.05, 0) is 35.4 Å². The third-order valence-corrected chi connectivity index (χ3v) is 5.73. The molecule has 1 fully saturated rings. The fourth-order valence-corrected chi connectivity index (χ4v) is 5.03. The van der Waals surface area contributed by atoms with Gasteiger partial charge in [-0.2, -0.15) is 0 Å². The average molecular weight is 478 g/mol. The van der Waals surface area contributed by atoms with E-state index in [4.69, 9.17) is 24.4 Å². The highest BCUT2D eigenvalue weighted by molar-refractivity contribution is 9.10. The first-order chi connectivity index (χ1) is 12.2. The van der Waals surface area contributed by atoms with Crippen LogP contribution >= 0.6 is 52.1 Å². The number of hydrogen-bond acceptors (Lipinski definition) is 4. The summed E-state index contributed by atoms with van der Waals surface area (Å²) in [6.45, 7) is 0. The molecule has 1 atom stereocenters. The number of hydrogen-bond donors (Lipinski definition) is 1. The van der Waals surface area contributed by atoms with Gasteiger partial charge in [-0.15, -0.1) is 13.2 Å². The fourth-order valence-electron chi connectivity index (χ4n) is 2.81. The van der Waals surface area contributed by atoms with Crippen molar-refractivity contribution >= 4 is 60.6 Å². The Bertz CT molecular complexity index is 839. The lowest BCUT2D eigenvalue weighted by molar-refractivity contribution is -0.274. The van der Waals surface area contributed by atoms with Gasteiger partial charge in [0.15, 0.2) is 0 Å². The zero-order valence-electron chi connectivity index (χ0n) is 13.0. The van der Waals surface area contributed by atoms with Gasteiger partial charge >= 0.3 is 6.36 Å². The van der Waals surface area contributed by atoms with Crippen LogP contribution in [0.1, 0.15) is 17.5 Å². The van der Waals surface area contributed by atoms with E-state index in [9.17, 15) is 13.2 Å². The molecule has 3 rings (SSSR count). The topological polar surface area (TPSA) is 21.3 Å². The SMILES string of the molecule is FC(F)(F)Oc1ccc(C2(c3cccc(Br)c3)CC(=S)SC(=S)N2)cc1. The van der Waals surface area contributed by atoms with E-state index in [-0.39, 0.29) is 5.75 Å². The maximum Gasteiger partial charge on any atom is 0.573 e. The molecule has 26 heavy (non-hydrogen) atoms. The number of ether oxygens (including phenoxy) is 1. The molecule has 0 saturated carbocycles. The van der Waals surface area contributed by atoms with Gasteiger partial charge in [-0.1, -0.05) is 76.4 Å². The number of rotatable bonds is 3. The van der Waals surface area contributed by atoms with Gasteiger partial charge in [-0.3, -0.25) is 0 Å². The predicted molar refractivity (Wildman–Crippen MR) is 109 cm³/mol. The second kappa shape index (κ2) is 7.46. The van der Waals surface area contributed by atoms with Crippen LogP contribution in [0.15, 0.2) is 53.0 Å². The van der Waals surface area contributed by atoms with E-state index in [0.29, 0.717) is 14.9 Å². The van der Waals surface area contributed by atoms with Crippen molar-refractivity contribution in [1.29, 1.82) is 0 Å². The number of benzene rings is 2. The summed E-state index contributed by atoms with van der Waals surface area (Å²) < 4.78 is 43.3. The van der Waals surface area contributed by atoms with Gasteiger partial charge in [0.2, 0.25) is 0 Å². The molecular weight excluding hydrogens is 467 g/mol. The minimum atomic E-state index is -4.73. The first-order valence-electron chi connectivity index (χ1n) is 7.33. The van der Waals surface area contributed by atoms with Crippen LogP contribution in [0.2, 0.25) is 0 Å². The summed E-state index contributed by atoms with van der Waals surface area (Å²) in [5.41, 5.74) is 0.899. The minimum Gasteiger partial charge on any atom is -0.406 e. The molecule has 9 heteroatoms. The van der Waals surface area contributed by atoms with Crippen LogP contribution in [0.3, 0.4) is 0 Å². The zero-order chi connectivity index (χ0) is 18.9. The molecule has 2 aromatic carbocycles. The van der Waals surface area contributed by atoms with E-state index in [1.807, 2.05) is 24.3 Å². The molecule has 1 unspecified atom stereocenters. The van der Waals surface area contributed by atoms with Gasteiger partial charge in [0.25, 0.3) is 0 Å². The lowest BCUT2D eigenvalue weighted by atomic mass is 9.80. The third-order valence-electron chi connectivity index (χ3n) is 3.83. The molecule has 1 N–H and O–H groups in total. The van der Waals surface area contributed by atoms with Crippen LogP contribution < -0.4 is 10.1 Å². The Balaban J connectivity index is 2.07. The van der Waals surface area contributed by atoms with Crippen molar-refractivity contribution in [2.45, 2.75) is 18.3 Å². The highest BCUT2D eigenvalue weighted by Gasteiger charge is 2.40. The standard InChI is InChI=1S/C17H11BrF3NOS3/c18-12-3-1-2-11(8-12)16(9-14(24)26-15(25)22-16)10-4-6-13(7-5-10)23-17(19,20)21/h1-8H,9H2,(H,22,25). The Labute approximate surface area is 171 Å². The van der Waals surface area contributed by atoms with Crippen molar-refractivity contribution in [3.63, 3.8) is 0 Å². The van der Waals surface area contributed by atoms with Crippen LogP contribution in [0.25, 0.3) is 0 Å². The Morgan fingerprint density at radius 1 is 1.08 bits per heavy atom. The maximum absolute atomic E-state index is 12.4. The Morgan fingerprint density at radius 2 is 1.77 bits per heavy atom. The molecule has 1 heterocycles. The molecular formula is C17H11BrF3NOS3. The zero-order valence-corrected chi connectivity index (χ0v) is 17.0. The average Bonchev–Trinajstić information content (AvgIpc) is 2.53. The Kier molecular flexibility index (Phi) is 5.62. The molecule has 0 aliphatic carbocycles. The highest BCUT2D eigenvalue weighted by Crippen LogP contribution is 2.41. The number of thioether (sulfide) groups is 1. The number of halogens is 4. The molecule has 136 valence electrons. The summed E-state index contributed by atoms with van der Waals surface area (Å²) in [5, 5.41) is 3.31. The lowest BCUT2D eigenvalue weighted by Crippen LogP contribution is -2.49. The summed E-state index contributed by atoms with van der Waals surface area (Å²) in [6.07, 6.45) is -4.25. The van der Waals surface area contributed by atoms with Crippen LogP contribution in [0.4, 0.5) is 13.2 Å². The smallest absolute Gasteiger partial charge is 0.406 e. The first kappa shape index (κ1) is 19.6. The van der Waals surface area contributed by atoms with Crippen molar-refractivity contribution in [2.75, 3.05) is 0 Å². The molecule has 2 aromatic rings. The second-order valence-electron chi connectivity index (χ2n) is 5.55.